The van der Waals surface area contributed by atoms with Crippen LogP contribution in [-0.2, 0) is 6.61 Å². The van der Waals surface area contributed by atoms with Crippen molar-refractivity contribution in [2.24, 2.45) is 0 Å². The minimum Gasteiger partial charge on any atom is -0.496 e. The van der Waals surface area contributed by atoms with Gasteiger partial charge in [0.05, 0.1) is 12.7 Å². The zero-order valence-electron chi connectivity index (χ0n) is 12.7. The van der Waals surface area contributed by atoms with Crippen LogP contribution in [0.5, 0.6) is 5.75 Å². The topological polar surface area (TPSA) is 84.8 Å². The van der Waals surface area contributed by atoms with Crippen LogP contribution in [0.15, 0.2) is 56.0 Å². The Morgan fingerprint density at radius 3 is 2.67 bits per heavy atom. The summed E-state index contributed by atoms with van der Waals surface area (Å²) in [5.41, 5.74) is 1.22. The summed E-state index contributed by atoms with van der Waals surface area (Å²) in [7, 11) is 1.55. The summed E-state index contributed by atoms with van der Waals surface area (Å²) < 4.78 is 16.6. The summed E-state index contributed by atoms with van der Waals surface area (Å²) in [4.78, 5) is 12.2. The van der Waals surface area contributed by atoms with Gasteiger partial charge in [0.1, 0.15) is 23.9 Å². The molecule has 0 atom stereocenters. The molecule has 124 valence electrons. The fraction of sp³-hybridized carbons (Fsp3) is 0.118. The molecule has 24 heavy (non-hydrogen) atoms. The number of anilines is 1. The van der Waals surface area contributed by atoms with Crippen molar-refractivity contribution in [3.8, 4) is 17.1 Å². The second-order valence-corrected chi connectivity index (χ2v) is 5.68. The third-order valence-electron chi connectivity index (χ3n) is 3.34. The Bertz CT molecular complexity index is 868. The van der Waals surface area contributed by atoms with E-state index in [1.165, 1.54) is 0 Å². The van der Waals surface area contributed by atoms with Gasteiger partial charge in [-0.25, -0.2) is 0 Å². The van der Waals surface area contributed by atoms with E-state index in [1.54, 1.807) is 49.6 Å². The standard InChI is InChI=1S/C17H14BrNO5/c1-22-13-4-2-10(19-17(21)15-6-7-16(18)24-15)8-12(13)14-5-3-11(9-20)23-14/h2-8,20H,9H2,1H3,(H,19,21). The molecule has 2 heterocycles. The number of aliphatic hydroxyl groups excluding tert-OH is 1. The monoisotopic (exact) mass is 391 g/mol. The number of nitrogens with one attached hydrogen (secondary N) is 1. The van der Waals surface area contributed by atoms with Gasteiger partial charge in [-0.15, -0.1) is 0 Å². The van der Waals surface area contributed by atoms with Crippen molar-refractivity contribution in [3.05, 3.63) is 58.7 Å². The summed E-state index contributed by atoms with van der Waals surface area (Å²) in [6, 6.07) is 11.8. The number of hydrogen-bond donors (Lipinski definition) is 2. The van der Waals surface area contributed by atoms with E-state index in [0.717, 1.165) is 0 Å². The predicted octanol–water partition coefficient (Wildman–Crippen LogP) is 4.06. The molecule has 0 radical (unpaired) electrons. The van der Waals surface area contributed by atoms with E-state index in [1.807, 2.05) is 0 Å². The van der Waals surface area contributed by atoms with Crippen LogP contribution in [0.2, 0.25) is 0 Å². The van der Waals surface area contributed by atoms with Gasteiger partial charge in [-0.3, -0.25) is 4.79 Å². The molecule has 0 saturated heterocycles. The number of rotatable bonds is 5. The first kappa shape index (κ1) is 16.4. The first-order valence-corrected chi connectivity index (χ1v) is 7.84. The third-order valence-corrected chi connectivity index (χ3v) is 3.76. The second-order valence-electron chi connectivity index (χ2n) is 4.90. The summed E-state index contributed by atoms with van der Waals surface area (Å²) in [5.74, 6) is 1.40. The number of benzene rings is 1. The molecule has 7 heteroatoms. The molecular weight excluding hydrogens is 378 g/mol. The lowest BCUT2D eigenvalue weighted by atomic mass is 10.1. The SMILES string of the molecule is COc1ccc(NC(=O)c2ccc(Br)o2)cc1-c1ccc(CO)o1. The van der Waals surface area contributed by atoms with Crippen LogP contribution in [0.4, 0.5) is 5.69 Å². The molecule has 1 amide bonds. The van der Waals surface area contributed by atoms with Gasteiger partial charge in [0.15, 0.2) is 10.4 Å². The van der Waals surface area contributed by atoms with Crippen LogP contribution in [-0.4, -0.2) is 18.1 Å². The van der Waals surface area contributed by atoms with Gasteiger partial charge in [-0.05, 0) is 58.4 Å². The largest absolute Gasteiger partial charge is 0.496 e. The molecule has 2 aromatic heterocycles. The number of carbonyl (C=O) groups excluding carboxylic acids is 1. The van der Waals surface area contributed by atoms with Crippen LogP contribution < -0.4 is 10.1 Å². The highest BCUT2D eigenvalue weighted by molar-refractivity contribution is 9.10. The molecule has 2 N–H and O–H groups in total. The number of hydrogen-bond acceptors (Lipinski definition) is 5. The first-order chi connectivity index (χ1) is 11.6. The Morgan fingerprint density at radius 2 is 2.04 bits per heavy atom. The Hall–Kier alpha value is -2.51. The van der Waals surface area contributed by atoms with Crippen molar-refractivity contribution < 1.29 is 23.5 Å². The van der Waals surface area contributed by atoms with Crippen LogP contribution in [0.3, 0.4) is 0 Å². The molecule has 0 unspecified atom stereocenters. The van der Waals surface area contributed by atoms with Crippen LogP contribution in [0.25, 0.3) is 11.3 Å². The number of furan rings is 2. The quantitative estimate of drug-likeness (QED) is 0.684. The molecule has 1 aromatic carbocycles. The van der Waals surface area contributed by atoms with Crippen molar-refractivity contribution in [1.29, 1.82) is 0 Å². The van der Waals surface area contributed by atoms with Gasteiger partial charge in [-0.1, -0.05) is 0 Å². The number of amides is 1. The highest BCUT2D eigenvalue weighted by atomic mass is 79.9. The van der Waals surface area contributed by atoms with Crippen LogP contribution >= 0.6 is 15.9 Å². The molecule has 6 nitrogen and oxygen atoms in total. The van der Waals surface area contributed by atoms with Crippen LogP contribution in [0.1, 0.15) is 16.3 Å². The summed E-state index contributed by atoms with van der Waals surface area (Å²) in [5, 5.41) is 11.9. The maximum absolute atomic E-state index is 12.2. The minimum absolute atomic E-state index is 0.188. The zero-order valence-corrected chi connectivity index (χ0v) is 14.3. The second kappa shape index (κ2) is 6.94. The fourth-order valence-corrected chi connectivity index (χ4v) is 2.52. The Balaban J connectivity index is 1.89. The number of ether oxygens (including phenoxy) is 1. The van der Waals surface area contributed by atoms with Crippen molar-refractivity contribution in [3.63, 3.8) is 0 Å². The maximum Gasteiger partial charge on any atom is 0.291 e. The number of carbonyl (C=O) groups is 1. The van der Waals surface area contributed by atoms with E-state index < -0.39 is 0 Å². The van der Waals surface area contributed by atoms with Gasteiger partial charge in [0.25, 0.3) is 5.91 Å². The van der Waals surface area contributed by atoms with E-state index in [0.29, 0.717) is 33.2 Å². The summed E-state index contributed by atoms with van der Waals surface area (Å²) >= 11 is 3.16. The van der Waals surface area contributed by atoms with Gasteiger partial charge in [-0.2, -0.15) is 0 Å². The predicted molar refractivity (Wildman–Crippen MR) is 91.0 cm³/mol. The van der Waals surface area contributed by atoms with E-state index in [9.17, 15) is 4.79 Å². The van der Waals surface area contributed by atoms with Gasteiger partial charge in [0, 0.05) is 5.69 Å². The lowest BCUT2D eigenvalue weighted by Gasteiger charge is -2.10. The molecule has 0 aliphatic carbocycles. The Labute approximate surface area is 146 Å². The average molecular weight is 392 g/mol. The third kappa shape index (κ3) is 3.37. The zero-order chi connectivity index (χ0) is 17.1. The molecule has 3 rings (SSSR count). The van der Waals surface area contributed by atoms with E-state index in [4.69, 9.17) is 18.7 Å². The first-order valence-electron chi connectivity index (χ1n) is 7.05. The van der Waals surface area contributed by atoms with E-state index in [2.05, 4.69) is 21.2 Å². The molecule has 3 aromatic rings. The highest BCUT2D eigenvalue weighted by Crippen LogP contribution is 2.34. The van der Waals surface area contributed by atoms with Crippen LogP contribution in [0, 0.1) is 0 Å². The number of aliphatic hydroxyl groups is 1. The van der Waals surface area contributed by atoms with E-state index in [-0.39, 0.29) is 18.3 Å². The molecule has 0 fully saturated rings. The van der Waals surface area contributed by atoms with Crippen molar-refractivity contribution in [1.82, 2.24) is 0 Å². The van der Waals surface area contributed by atoms with Gasteiger partial charge >= 0.3 is 0 Å². The normalized spacial score (nSPS) is 10.6. The molecule has 0 saturated carbocycles. The number of methoxy groups -OCH3 is 1. The Morgan fingerprint density at radius 1 is 1.21 bits per heavy atom. The van der Waals surface area contributed by atoms with Crippen molar-refractivity contribution >= 4 is 27.5 Å². The smallest absolute Gasteiger partial charge is 0.291 e. The highest BCUT2D eigenvalue weighted by Gasteiger charge is 2.15. The summed E-state index contributed by atoms with van der Waals surface area (Å²) in [6.07, 6.45) is 0. The molecule has 0 spiro atoms. The minimum atomic E-state index is -0.368. The van der Waals surface area contributed by atoms with E-state index >= 15 is 0 Å². The molecule has 0 aliphatic heterocycles. The molecule has 0 bridgehead atoms. The average Bonchev–Trinajstić information content (AvgIpc) is 3.23. The molecule has 0 aliphatic rings. The van der Waals surface area contributed by atoms with Crippen molar-refractivity contribution in [2.45, 2.75) is 6.61 Å². The van der Waals surface area contributed by atoms with Gasteiger partial charge in [0.2, 0.25) is 0 Å². The molecular formula is C17H14BrNO5. The lowest BCUT2D eigenvalue weighted by molar-refractivity contribution is 0.0995. The van der Waals surface area contributed by atoms with Crippen molar-refractivity contribution in [2.75, 3.05) is 12.4 Å². The maximum atomic E-state index is 12.2. The lowest BCUT2D eigenvalue weighted by Crippen LogP contribution is -2.10. The van der Waals surface area contributed by atoms with Gasteiger partial charge < -0.3 is 24.0 Å². The fourth-order valence-electron chi connectivity index (χ4n) is 2.21. The Kier molecular flexibility index (Phi) is 4.73. The summed E-state index contributed by atoms with van der Waals surface area (Å²) in [6.45, 7) is -0.188. The number of halogens is 1.